The number of nitrogens with one attached hydrogen (secondary N) is 1. The van der Waals surface area contributed by atoms with Crippen LogP contribution in [-0.4, -0.2) is 33.9 Å². The molecule has 0 spiro atoms. The van der Waals surface area contributed by atoms with Gasteiger partial charge in [0.15, 0.2) is 0 Å². The first kappa shape index (κ1) is 17.0. The Kier molecular flexibility index (Phi) is 4.41. The monoisotopic (exact) mass is 371 g/mol. The van der Waals surface area contributed by atoms with E-state index in [2.05, 4.69) is 25.6 Å². The van der Waals surface area contributed by atoms with Crippen molar-refractivity contribution in [1.82, 2.24) is 20.2 Å². The van der Waals surface area contributed by atoms with E-state index in [4.69, 9.17) is 4.74 Å². The average molecular weight is 371 g/mol. The first-order valence-corrected chi connectivity index (χ1v) is 8.10. The number of alkyl halides is 2. The number of tetrazole rings is 1. The Balaban J connectivity index is 1.71. The number of anilines is 1. The molecule has 3 aromatic rings. The van der Waals surface area contributed by atoms with Crippen LogP contribution in [0, 0.1) is 0 Å². The summed E-state index contributed by atoms with van der Waals surface area (Å²) in [5.41, 5.74) is 2.55. The number of hydrogen-bond donors (Lipinski definition) is 1. The van der Waals surface area contributed by atoms with Crippen LogP contribution in [0.5, 0.6) is 11.5 Å². The van der Waals surface area contributed by atoms with Crippen molar-refractivity contribution in [3.05, 3.63) is 65.7 Å². The van der Waals surface area contributed by atoms with Crippen molar-refractivity contribution in [2.45, 2.75) is 12.7 Å². The molecule has 9 heteroatoms. The Hall–Kier alpha value is -3.49. The fourth-order valence-electron chi connectivity index (χ4n) is 2.90. The van der Waals surface area contributed by atoms with Crippen LogP contribution in [0.2, 0.25) is 0 Å². The molecule has 1 aromatic heterocycles. The Morgan fingerprint density at radius 2 is 1.93 bits per heavy atom. The van der Waals surface area contributed by atoms with E-state index in [1.807, 2.05) is 30.3 Å². The number of halogens is 2. The summed E-state index contributed by atoms with van der Waals surface area (Å²) in [6.45, 7) is -2.86. The smallest absolute Gasteiger partial charge is 0.387 e. The summed E-state index contributed by atoms with van der Waals surface area (Å²) in [7, 11) is 1.61. The van der Waals surface area contributed by atoms with E-state index in [-0.39, 0.29) is 11.8 Å². The second kappa shape index (κ2) is 7.02. The number of benzene rings is 2. The summed E-state index contributed by atoms with van der Waals surface area (Å²) in [6, 6.07) is 13.7. The van der Waals surface area contributed by atoms with Gasteiger partial charge in [0.05, 0.1) is 7.11 Å². The number of ether oxygens (including phenoxy) is 2. The van der Waals surface area contributed by atoms with Gasteiger partial charge in [0, 0.05) is 11.3 Å². The molecule has 27 heavy (non-hydrogen) atoms. The van der Waals surface area contributed by atoms with Gasteiger partial charge in [0.1, 0.15) is 17.5 Å². The molecule has 0 unspecified atom stereocenters. The first-order valence-electron chi connectivity index (χ1n) is 8.10. The van der Waals surface area contributed by atoms with Gasteiger partial charge in [-0.2, -0.15) is 13.5 Å². The number of fused-ring (bicyclic) bond motifs is 1. The van der Waals surface area contributed by atoms with Gasteiger partial charge >= 0.3 is 6.61 Å². The molecule has 2 heterocycles. The van der Waals surface area contributed by atoms with Gasteiger partial charge < -0.3 is 14.8 Å². The molecule has 7 nitrogen and oxygen atoms in total. The van der Waals surface area contributed by atoms with Gasteiger partial charge in [-0.15, -0.1) is 0 Å². The second-order valence-corrected chi connectivity index (χ2v) is 5.78. The highest BCUT2D eigenvalue weighted by atomic mass is 19.3. The molecule has 1 N–H and O–H groups in total. The number of rotatable bonds is 5. The van der Waals surface area contributed by atoms with E-state index < -0.39 is 6.61 Å². The van der Waals surface area contributed by atoms with Crippen LogP contribution in [0.25, 0.3) is 5.70 Å². The fourth-order valence-corrected chi connectivity index (χ4v) is 2.90. The van der Waals surface area contributed by atoms with E-state index in [9.17, 15) is 8.78 Å². The van der Waals surface area contributed by atoms with Crippen molar-refractivity contribution in [3.63, 3.8) is 0 Å². The molecule has 0 fully saturated rings. The summed E-state index contributed by atoms with van der Waals surface area (Å²) < 4.78 is 36.0. The number of allylic oxidation sites excluding steroid dienone is 1. The Bertz CT molecular complexity index is 972. The van der Waals surface area contributed by atoms with Crippen LogP contribution in [-0.2, 0) is 0 Å². The van der Waals surface area contributed by atoms with Gasteiger partial charge in [0.25, 0.3) is 0 Å². The Labute approximate surface area is 153 Å². The molecule has 0 radical (unpaired) electrons. The molecule has 0 saturated heterocycles. The second-order valence-electron chi connectivity index (χ2n) is 5.78. The molecular weight excluding hydrogens is 356 g/mol. The van der Waals surface area contributed by atoms with Gasteiger partial charge in [-0.25, -0.2) is 0 Å². The molecule has 0 aliphatic carbocycles. The van der Waals surface area contributed by atoms with Gasteiger partial charge in [0.2, 0.25) is 5.95 Å². The third-order valence-corrected chi connectivity index (χ3v) is 4.15. The highest BCUT2D eigenvalue weighted by Gasteiger charge is 2.24. The lowest BCUT2D eigenvalue weighted by atomic mass is 10.0. The number of aromatic nitrogens is 4. The molecule has 1 aliphatic rings. The highest BCUT2D eigenvalue weighted by Crippen LogP contribution is 2.33. The lowest BCUT2D eigenvalue weighted by molar-refractivity contribution is -0.0498. The maximum Gasteiger partial charge on any atom is 0.387 e. The molecule has 0 bridgehead atoms. The predicted octanol–water partition coefficient (Wildman–Crippen LogP) is 3.34. The molecule has 4 rings (SSSR count). The summed E-state index contributed by atoms with van der Waals surface area (Å²) in [5, 5.41) is 14.9. The van der Waals surface area contributed by atoms with Gasteiger partial charge in [-0.3, -0.25) is 0 Å². The minimum atomic E-state index is -2.86. The van der Waals surface area contributed by atoms with E-state index in [1.165, 1.54) is 12.1 Å². The largest absolute Gasteiger partial charge is 0.497 e. The lowest BCUT2D eigenvalue weighted by Crippen LogP contribution is -2.20. The number of hydrogen-bond acceptors (Lipinski definition) is 6. The van der Waals surface area contributed by atoms with Crippen LogP contribution in [0.15, 0.2) is 54.6 Å². The summed E-state index contributed by atoms with van der Waals surface area (Å²) in [4.78, 5) is 0. The Morgan fingerprint density at radius 1 is 1.11 bits per heavy atom. The van der Waals surface area contributed by atoms with Gasteiger partial charge in [-0.05, 0) is 46.3 Å². The SMILES string of the molecule is COc1cccc(C2=C[C@H](c3ccc(OC(F)F)cc3)n3nnnc3N2)c1. The van der Waals surface area contributed by atoms with Crippen LogP contribution in [0.1, 0.15) is 17.2 Å². The third-order valence-electron chi connectivity index (χ3n) is 4.15. The van der Waals surface area contributed by atoms with Crippen LogP contribution in [0.4, 0.5) is 14.7 Å². The lowest BCUT2D eigenvalue weighted by Gasteiger charge is -2.23. The minimum Gasteiger partial charge on any atom is -0.497 e. The Morgan fingerprint density at radius 3 is 2.67 bits per heavy atom. The van der Waals surface area contributed by atoms with Crippen LogP contribution < -0.4 is 14.8 Å². The molecule has 138 valence electrons. The van der Waals surface area contributed by atoms with Crippen LogP contribution >= 0.6 is 0 Å². The fraction of sp³-hybridized carbons (Fsp3) is 0.167. The first-order chi connectivity index (χ1) is 13.1. The van der Waals surface area contributed by atoms with Crippen molar-refractivity contribution >= 4 is 11.6 Å². The van der Waals surface area contributed by atoms with E-state index in [1.54, 1.807) is 23.9 Å². The minimum absolute atomic E-state index is 0.0941. The normalized spacial score (nSPS) is 15.7. The van der Waals surface area contributed by atoms with Crippen molar-refractivity contribution in [1.29, 1.82) is 0 Å². The average Bonchev–Trinajstić information content (AvgIpc) is 3.16. The van der Waals surface area contributed by atoms with Crippen molar-refractivity contribution < 1.29 is 18.3 Å². The highest BCUT2D eigenvalue weighted by molar-refractivity contribution is 5.77. The van der Waals surface area contributed by atoms with Crippen molar-refractivity contribution in [2.75, 3.05) is 12.4 Å². The van der Waals surface area contributed by atoms with Crippen LogP contribution in [0.3, 0.4) is 0 Å². The molecule has 0 saturated carbocycles. The van der Waals surface area contributed by atoms with Crippen molar-refractivity contribution in [3.8, 4) is 11.5 Å². The van der Waals surface area contributed by atoms with E-state index in [0.717, 1.165) is 22.6 Å². The maximum absolute atomic E-state index is 12.4. The zero-order chi connectivity index (χ0) is 18.8. The topological polar surface area (TPSA) is 74.1 Å². The zero-order valence-electron chi connectivity index (χ0n) is 14.2. The summed E-state index contributed by atoms with van der Waals surface area (Å²) in [6.07, 6.45) is 1.96. The standard InChI is InChI=1S/C18H15F2N5O2/c1-26-14-4-2-3-12(9-14)15-10-16(25-18(21-15)22-23-24-25)11-5-7-13(8-6-11)27-17(19)20/h2-10,16-17H,1H3,(H,21,22,24)/t16-/m1/s1. The maximum atomic E-state index is 12.4. The molecular formula is C18H15F2N5O2. The number of nitrogens with zero attached hydrogens (tertiary/aromatic N) is 4. The molecule has 2 aromatic carbocycles. The number of methoxy groups -OCH3 is 1. The van der Waals surface area contributed by atoms with E-state index >= 15 is 0 Å². The molecule has 1 aliphatic heterocycles. The molecule has 0 amide bonds. The summed E-state index contributed by atoms with van der Waals surface area (Å²) in [5.74, 6) is 1.30. The predicted molar refractivity (Wildman–Crippen MR) is 93.6 cm³/mol. The van der Waals surface area contributed by atoms with Gasteiger partial charge in [-0.1, -0.05) is 29.4 Å². The third kappa shape index (κ3) is 3.43. The summed E-state index contributed by atoms with van der Waals surface area (Å²) >= 11 is 0. The zero-order valence-corrected chi connectivity index (χ0v) is 14.2. The van der Waals surface area contributed by atoms with E-state index in [0.29, 0.717) is 5.95 Å². The van der Waals surface area contributed by atoms with Crippen molar-refractivity contribution in [2.24, 2.45) is 0 Å². The quantitative estimate of drug-likeness (QED) is 0.742. The molecule has 1 atom stereocenters.